The molecule has 0 aromatic carbocycles. The molecule has 0 spiro atoms. The summed E-state index contributed by atoms with van der Waals surface area (Å²) in [5, 5.41) is 0.128. The van der Waals surface area contributed by atoms with Gasteiger partial charge in [-0.2, -0.15) is 13.2 Å². The lowest BCUT2D eigenvalue weighted by atomic mass is 10.1. The van der Waals surface area contributed by atoms with Crippen LogP contribution in [0, 0.1) is 6.42 Å². The molecule has 0 fully saturated rings. The summed E-state index contributed by atoms with van der Waals surface area (Å²) in [5.74, 6) is 0. The molecule has 1 rings (SSSR count). The molecule has 1 aliphatic carbocycles. The maximum Gasteiger partial charge on any atom is 0.412 e. The van der Waals surface area contributed by atoms with Crippen LogP contribution in [0.2, 0.25) is 0 Å². The first-order valence-electron chi connectivity index (χ1n) is 2.97. The molecular weight excluding hydrogens is 177 g/mol. The van der Waals surface area contributed by atoms with E-state index in [0.717, 1.165) is 6.08 Å². The van der Waals surface area contributed by atoms with Crippen molar-refractivity contribution in [2.75, 3.05) is 0 Å². The Balaban J connectivity index is 2.82. The van der Waals surface area contributed by atoms with Crippen LogP contribution in [0.4, 0.5) is 13.2 Å². The summed E-state index contributed by atoms with van der Waals surface area (Å²) < 4.78 is 35.8. The number of allylic oxidation sites excluding steroid dienone is 4. The number of hydrogen-bond donors (Lipinski definition) is 0. The van der Waals surface area contributed by atoms with E-state index in [1.165, 1.54) is 12.5 Å². The molecule has 0 heterocycles. The van der Waals surface area contributed by atoms with E-state index in [1.54, 1.807) is 0 Å². The lowest BCUT2D eigenvalue weighted by molar-refractivity contribution is -0.0932. The second-order valence-electron chi connectivity index (χ2n) is 2.16. The van der Waals surface area contributed by atoms with E-state index in [0.29, 0.717) is 0 Å². The van der Waals surface area contributed by atoms with Gasteiger partial charge in [0, 0.05) is 10.6 Å². The Kier molecular flexibility index (Phi) is 2.28. The molecule has 0 bridgehead atoms. The number of alkyl halides is 3. The van der Waals surface area contributed by atoms with Crippen LogP contribution in [0.5, 0.6) is 0 Å². The molecule has 4 heteroatoms. The van der Waals surface area contributed by atoms with Gasteiger partial charge in [0.25, 0.3) is 0 Å². The minimum absolute atomic E-state index is 0.0836. The SMILES string of the molecule is FC(F)(F)C1=CC(Cl)=C[CH]C1. The summed E-state index contributed by atoms with van der Waals surface area (Å²) >= 11 is 5.37. The Labute approximate surface area is 67.3 Å². The summed E-state index contributed by atoms with van der Waals surface area (Å²) in [6.45, 7) is 0. The predicted octanol–water partition coefficient (Wildman–Crippen LogP) is 3.21. The molecule has 0 aliphatic heterocycles. The molecule has 0 atom stereocenters. The van der Waals surface area contributed by atoms with E-state index in [-0.39, 0.29) is 11.5 Å². The van der Waals surface area contributed by atoms with Crippen LogP contribution in [-0.2, 0) is 0 Å². The van der Waals surface area contributed by atoms with Gasteiger partial charge in [-0.05, 0) is 18.9 Å². The maximum absolute atomic E-state index is 11.9. The first-order valence-corrected chi connectivity index (χ1v) is 3.35. The summed E-state index contributed by atoms with van der Waals surface area (Å²) in [5.41, 5.74) is -0.593. The second-order valence-corrected chi connectivity index (χ2v) is 2.60. The quantitative estimate of drug-likeness (QED) is 0.538. The highest BCUT2D eigenvalue weighted by Crippen LogP contribution is 2.33. The van der Waals surface area contributed by atoms with Crippen LogP contribution < -0.4 is 0 Å². The molecule has 61 valence electrons. The van der Waals surface area contributed by atoms with E-state index in [9.17, 15) is 13.2 Å². The molecule has 0 saturated heterocycles. The molecule has 11 heavy (non-hydrogen) atoms. The van der Waals surface area contributed by atoms with Gasteiger partial charge in [-0.3, -0.25) is 0 Å². The highest BCUT2D eigenvalue weighted by Gasteiger charge is 2.33. The van der Waals surface area contributed by atoms with Crippen LogP contribution in [0.15, 0.2) is 22.8 Å². The van der Waals surface area contributed by atoms with Gasteiger partial charge >= 0.3 is 6.18 Å². The Morgan fingerprint density at radius 3 is 2.36 bits per heavy atom. The zero-order chi connectivity index (χ0) is 8.48. The molecule has 0 saturated carbocycles. The number of rotatable bonds is 0. The molecule has 0 N–H and O–H groups in total. The van der Waals surface area contributed by atoms with Crippen molar-refractivity contribution in [1.82, 2.24) is 0 Å². The van der Waals surface area contributed by atoms with Crippen LogP contribution in [0.25, 0.3) is 0 Å². The Morgan fingerprint density at radius 1 is 1.36 bits per heavy atom. The van der Waals surface area contributed by atoms with Gasteiger partial charge in [-0.25, -0.2) is 0 Å². The fourth-order valence-corrected chi connectivity index (χ4v) is 0.990. The van der Waals surface area contributed by atoms with E-state index < -0.39 is 11.7 Å². The normalized spacial score (nSPS) is 19.3. The van der Waals surface area contributed by atoms with E-state index in [4.69, 9.17) is 11.6 Å². The second kappa shape index (κ2) is 2.89. The van der Waals surface area contributed by atoms with E-state index in [2.05, 4.69) is 0 Å². The minimum Gasteiger partial charge on any atom is -0.166 e. The van der Waals surface area contributed by atoms with Gasteiger partial charge in [0.15, 0.2) is 0 Å². The van der Waals surface area contributed by atoms with Crippen molar-refractivity contribution in [2.24, 2.45) is 0 Å². The first kappa shape index (κ1) is 8.65. The Bertz CT molecular complexity index is 212. The van der Waals surface area contributed by atoms with Gasteiger partial charge in [0.2, 0.25) is 0 Å². The molecular formula is C7H5ClF3. The fraction of sp³-hybridized carbons (Fsp3) is 0.286. The molecule has 0 aromatic heterocycles. The van der Waals surface area contributed by atoms with Gasteiger partial charge < -0.3 is 0 Å². The Morgan fingerprint density at radius 2 is 2.00 bits per heavy atom. The van der Waals surface area contributed by atoms with Crippen LogP contribution >= 0.6 is 11.6 Å². The summed E-state index contributed by atoms with van der Waals surface area (Å²) in [4.78, 5) is 0. The fourth-order valence-electron chi connectivity index (χ4n) is 0.770. The lowest BCUT2D eigenvalue weighted by Crippen LogP contribution is -2.13. The van der Waals surface area contributed by atoms with Crippen LogP contribution in [0.3, 0.4) is 0 Å². The average Bonchev–Trinajstić information content (AvgIpc) is 1.86. The largest absolute Gasteiger partial charge is 0.412 e. The van der Waals surface area contributed by atoms with Crippen LogP contribution in [-0.4, -0.2) is 6.18 Å². The molecule has 1 radical (unpaired) electrons. The molecule has 0 nitrogen and oxygen atoms in total. The van der Waals surface area contributed by atoms with Crippen molar-refractivity contribution < 1.29 is 13.2 Å². The highest BCUT2D eigenvalue weighted by molar-refractivity contribution is 6.31. The molecule has 1 aliphatic rings. The summed E-state index contributed by atoms with van der Waals surface area (Å²) in [6.07, 6.45) is -0.534. The van der Waals surface area contributed by atoms with Crippen molar-refractivity contribution in [1.29, 1.82) is 0 Å². The molecule has 0 unspecified atom stereocenters. The first-order chi connectivity index (χ1) is 5.00. The van der Waals surface area contributed by atoms with Gasteiger partial charge in [-0.15, -0.1) is 0 Å². The van der Waals surface area contributed by atoms with E-state index in [1.807, 2.05) is 0 Å². The van der Waals surface area contributed by atoms with Crippen molar-refractivity contribution in [2.45, 2.75) is 12.6 Å². The topological polar surface area (TPSA) is 0 Å². The molecule has 0 amide bonds. The third-order valence-electron chi connectivity index (χ3n) is 1.29. The van der Waals surface area contributed by atoms with Crippen molar-refractivity contribution in [3.05, 3.63) is 29.2 Å². The van der Waals surface area contributed by atoms with Gasteiger partial charge in [-0.1, -0.05) is 17.7 Å². The maximum atomic E-state index is 11.9. The summed E-state index contributed by atoms with van der Waals surface area (Å²) in [7, 11) is 0. The lowest BCUT2D eigenvalue weighted by Gasteiger charge is -2.13. The zero-order valence-corrected chi connectivity index (χ0v) is 6.21. The van der Waals surface area contributed by atoms with Crippen molar-refractivity contribution >= 4 is 11.6 Å². The zero-order valence-electron chi connectivity index (χ0n) is 5.45. The standard InChI is InChI=1S/C7H5ClF3/c8-6-3-1-2-5(4-6)7(9,10)11/h1,3-4H,2H2. The summed E-state index contributed by atoms with van der Waals surface area (Å²) in [6, 6.07) is 0. The van der Waals surface area contributed by atoms with Gasteiger partial charge in [0.1, 0.15) is 0 Å². The third-order valence-corrected chi connectivity index (χ3v) is 1.53. The Hall–Kier alpha value is -0.440. The average molecular weight is 182 g/mol. The van der Waals surface area contributed by atoms with E-state index >= 15 is 0 Å². The minimum atomic E-state index is -4.25. The monoisotopic (exact) mass is 181 g/mol. The number of halogens is 4. The molecule has 0 aromatic rings. The van der Waals surface area contributed by atoms with Gasteiger partial charge in [0.05, 0.1) is 0 Å². The third kappa shape index (κ3) is 2.26. The smallest absolute Gasteiger partial charge is 0.166 e. The van der Waals surface area contributed by atoms with Crippen molar-refractivity contribution in [3.8, 4) is 0 Å². The van der Waals surface area contributed by atoms with Crippen molar-refractivity contribution in [3.63, 3.8) is 0 Å². The highest BCUT2D eigenvalue weighted by atomic mass is 35.5. The number of hydrogen-bond acceptors (Lipinski definition) is 0. The van der Waals surface area contributed by atoms with Crippen LogP contribution in [0.1, 0.15) is 6.42 Å². The predicted molar refractivity (Wildman–Crippen MR) is 37.0 cm³/mol.